The van der Waals surface area contributed by atoms with Gasteiger partial charge in [-0.15, -0.1) is 0 Å². The summed E-state index contributed by atoms with van der Waals surface area (Å²) in [5.74, 6) is 1.21. The Balaban J connectivity index is 1.09. The molecule has 0 bridgehead atoms. The van der Waals surface area contributed by atoms with Gasteiger partial charge in [-0.3, -0.25) is 28.9 Å². The van der Waals surface area contributed by atoms with Gasteiger partial charge in [0.05, 0.1) is 42.3 Å². The van der Waals surface area contributed by atoms with Crippen LogP contribution < -0.4 is 41.7 Å². The summed E-state index contributed by atoms with van der Waals surface area (Å²) < 4.78 is 78.6. The minimum absolute atomic E-state index is 0.260. The molecule has 0 radical (unpaired) electrons. The fourth-order valence-corrected chi connectivity index (χ4v) is 6.76. The molecule has 16 heteroatoms. The molecule has 56 heavy (non-hydrogen) atoms. The van der Waals surface area contributed by atoms with Crippen molar-refractivity contribution in [1.29, 1.82) is 0 Å². The average molecular weight is 799 g/mol. The van der Waals surface area contributed by atoms with Crippen LogP contribution in [0.3, 0.4) is 0 Å². The second-order valence-electron chi connectivity index (χ2n) is 12.4. The quantitative estimate of drug-likeness (QED) is 0.0994. The lowest BCUT2D eigenvalue weighted by Crippen LogP contribution is -2.34. The van der Waals surface area contributed by atoms with Crippen LogP contribution in [-0.2, 0) is 20.2 Å². The van der Waals surface area contributed by atoms with Gasteiger partial charge in [0, 0.05) is 0 Å². The number of aromatic amines is 2. The first-order valence-corrected chi connectivity index (χ1v) is 20.3. The fourth-order valence-electron chi connectivity index (χ4n) is 5.80. The highest BCUT2D eigenvalue weighted by Crippen LogP contribution is 2.16. The van der Waals surface area contributed by atoms with Crippen LogP contribution in [0, 0.1) is 0 Å². The predicted molar refractivity (Wildman–Crippen MR) is 211 cm³/mol. The summed E-state index contributed by atoms with van der Waals surface area (Å²) >= 11 is 0. The molecule has 0 unspecified atom stereocenters. The van der Waals surface area contributed by atoms with Gasteiger partial charge in [0.2, 0.25) is 0 Å². The number of ether oxygens (including phenoxy) is 2. The van der Waals surface area contributed by atoms with Crippen LogP contribution in [0.1, 0.15) is 37.8 Å². The molecule has 0 saturated carbocycles. The maximum Gasteiger partial charge on any atom is 0.294 e. The molecule has 4 N–H and O–H groups in total. The van der Waals surface area contributed by atoms with Crippen molar-refractivity contribution >= 4 is 44.5 Å². The monoisotopic (exact) mass is 798 g/mol. The first kappa shape index (κ1) is 39.5. The number of hydrogen-bond donors (Lipinski definition) is 4. The van der Waals surface area contributed by atoms with Crippen molar-refractivity contribution in [3.05, 3.63) is 150 Å². The summed E-state index contributed by atoms with van der Waals surface area (Å²) in [5, 5.41) is 8.20. The Morgan fingerprint density at radius 2 is 0.893 bits per heavy atom. The lowest BCUT2D eigenvalue weighted by atomic mass is 10.2. The van der Waals surface area contributed by atoms with Crippen molar-refractivity contribution in [2.24, 2.45) is 0 Å². The molecule has 6 rings (SSSR count). The number of nitrogens with zero attached hydrogens (tertiary/aromatic N) is 2. The third-order valence-corrected chi connectivity index (χ3v) is 10.3. The fraction of sp³-hybridized carbons (Fsp3) is 0.150. The lowest BCUT2D eigenvalue weighted by molar-refractivity contribution is 0.217. The van der Waals surface area contributed by atoms with Gasteiger partial charge in [-0.1, -0.05) is 50.3 Å². The van der Waals surface area contributed by atoms with E-state index in [1.165, 1.54) is 57.9 Å². The second-order valence-corrected chi connectivity index (χ2v) is 15.3. The molecule has 2 heterocycles. The number of aromatic nitrogens is 4. The molecule has 0 amide bonds. The molecular formula is C40H38N4O10S2. The summed E-state index contributed by atoms with van der Waals surface area (Å²) in [6.07, 6.45) is 8.58. The van der Waals surface area contributed by atoms with E-state index < -0.39 is 20.2 Å². The molecule has 14 nitrogen and oxygen atoms in total. The molecule has 6 aromatic rings. The molecule has 4 aromatic carbocycles. The van der Waals surface area contributed by atoms with Crippen LogP contribution in [0.4, 0.5) is 0 Å². The van der Waals surface area contributed by atoms with E-state index in [9.17, 15) is 35.5 Å². The van der Waals surface area contributed by atoms with Gasteiger partial charge in [0.25, 0.3) is 31.4 Å². The van der Waals surface area contributed by atoms with Crippen molar-refractivity contribution < 1.29 is 35.4 Å². The largest absolute Gasteiger partial charge is 0.490 e. The smallest absolute Gasteiger partial charge is 0.294 e. The Hall–Kier alpha value is -6.20. The zero-order chi connectivity index (χ0) is 40.0. The predicted octanol–water partition coefficient (Wildman–Crippen LogP) is 2.63. The summed E-state index contributed by atoms with van der Waals surface area (Å²) in [5.41, 5.74) is 1.67. The zero-order valence-corrected chi connectivity index (χ0v) is 31.9. The summed E-state index contributed by atoms with van der Waals surface area (Å²) in [6.45, 7) is 4.41. The molecular weight excluding hydrogens is 761 g/mol. The van der Waals surface area contributed by atoms with Crippen molar-refractivity contribution in [2.75, 3.05) is 13.2 Å². The van der Waals surface area contributed by atoms with E-state index in [-0.39, 0.29) is 34.1 Å². The van der Waals surface area contributed by atoms with Gasteiger partial charge in [-0.2, -0.15) is 16.8 Å². The van der Waals surface area contributed by atoms with Gasteiger partial charge in [0.15, 0.2) is 0 Å². The third-order valence-electron chi connectivity index (χ3n) is 8.52. The number of hydrogen-bond acceptors (Lipinski definition) is 8. The number of rotatable bonds is 13. The molecule has 2 aromatic heterocycles. The number of H-pyrrole nitrogens is 2. The minimum atomic E-state index is -4.36. The lowest BCUT2D eigenvalue weighted by Gasteiger charge is -2.09. The molecule has 0 fully saturated rings. The van der Waals surface area contributed by atoms with Crippen LogP contribution in [0.5, 0.6) is 11.5 Å². The van der Waals surface area contributed by atoms with E-state index in [4.69, 9.17) is 9.47 Å². The Labute approximate surface area is 321 Å². The van der Waals surface area contributed by atoms with E-state index in [0.717, 1.165) is 11.1 Å². The Morgan fingerprint density at radius 1 is 0.554 bits per heavy atom. The molecule has 0 spiro atoms. The van der Waals surface area contributed by atoms with Crippen molar-refractivity contribution in [3.63, 3.8) is 0 Å². The highest BCUT2D eigenvalue weighted by Gasteiger charge is 2.13. The van der Waals surface area contributed by atoms with Gasteiger partial charge in [0.1, 0.15) is 24.7 Å². The highest BCUT2D eigenvalue weighted by atomic mass is 32.2. The first-order valence-electron chi connectivity index (χ1n) is 17.4. The van der Waals surface area contributed by atoms with Crippen molar-refractivity contribution in [3.8, 4) is 22.9 Å². The molecule has 0 aliphatic heterocycles. The molecule has 290 valence electrons. The van der Waals surface area contributed by atoms with Gasteiger partial charge in [-0.05, 0) is 109 Å². The Kier molecular flexibility index (Phi) is 11.8. The van der Waals surface area contributed by atoms with E-state index in [2.05, 4.69) is 10.2 Å². The third kappa shape index (κ3) is 9.18. The average Bonchev–Trinajstić information content (AvgIpc) is 3.65. The number of nitrogens with one attached hydrogen (secondary N) is 2. The normalized spacial score (nSPS) is 13.4. The Morgan fingerprint density at radius 3 is 1.20 bits per heavy atom. The maximum absolute atomic E-state index is 13.4. The highest BCUT2D eigenvalue weighted by molar-refractivity contribution is 7.86. The van der Waals surface area contributed by atoms with Crippen LogP contribution in [0.2, 0.25) is 0 Å². The minimum Gasteiger partial charge on any atom is -0.490 e. The van der Waals surface area contributed by atoms with E-state index >= 15 is 0 Å². The van der Waals surface area contributed by atoms with Crippen molar-refractivity contribution in [1.82, 2.24) is 19.6 Å². The van der Waals surface area contributed by atoms with E-state index in [1.54, 1.807) is 36.4 Å². The molecule has 0 aliphatic rings. The van der Waals surface area contributed by atoms with Crippen LogP contribution in [-0.4, -0.2) is 58.7 Å². The molecule has 0 saturated heterocycles. The van der Waals surface area contributed by atoms with Crippen LogP contribution >= 0.6 is 0 Å². The standard InChI is InChI=1S/C40H38N4O10S2/c1-3-5-37-35(39(45)43(41-37)29-11-19-33(20-12-29)55(47,48)49)25-27-7-15-31(16-8-27)53-23-24-54-32-17-9-28(10-18-32)26-36-38(6-4-2)42-44(40(36)46)30-13-21-34(22-14-30)56(50,51)52/h5-22,25-26,41-42H,3-4,23-24H2,1-2H3,(H,47,48,49)(H,50,51,52). The first-order chi connectivity index (χ1) is 26.7. The summed E-state index contributed by atoms with van der Waals surface area (Å²) in [6, 6.07) is 25.0. The van der Waals surface area contributed by atoms with Crippen LogP contribution in [0.15, 0.2) is 116 Å². The maximum atomic E-state index is 13.4. The summed E-state index contributed by atoms with van der Waals surface area (Å²) in [4.78, 5) is 26.2. The second kappa shape index (κ2) is 16.7. The Bertz CT molecular complexity index is 2740. The van der Waals surface area contributed by atoms with Gasteiger partial charge in [-0.25, -0.2) is 9.36 Å². The topological polar surface area (TPSA) is 203 Å². The summed E-state index contributed by atoms with van der Waals surface area (Å²) in [7, 11) is -8.73. The van der Waals surface area contributed by atoms with Gasteiger partial charge >= 0.3 is 0 Å². The van der Waals surface area contributed by atoms with Gasteiger partial charge < -0.3 is 9.47 Å². The zero-order valence-electron chi connectivity index (χ0n) is 30.2. The molecule has 0 atom stereocenters. The number of benzene rings is 4. The SMILES string of the molecule is CCC=c1[nH]n(-c2ccc(S(=O)(=O)O)cc2)c(=O)c1=Cc1ccc(OCCOc2ccc(C=c3c(=CCC)[nH]n(-c4ccc(S(=O)(=O)O)cc4)c3=O)cc2)cc1. The van der Waals surface area contributed by atoms with E-state index in [1.807, 2.05) is 50.3 Å². The van der Waals surface area contributed by atoms with Crippen LogP contribution in [0.25, 0.3) is 35.7 Å². The van der Waals surface area contributed by atoms with Crippen molar-refractivity contribution in [2.45, 2.75) is 36.5 Å². The van der Waals surface area contributed by atoms with E-state index in [0.29, 0.717) is 56.9 Å². The molecule has 0 aliphatic carbocycles.